The quantitative estimate of drug-likeness (QED) is 0.717. The van der Waals surface area contributed by atoms with E-state index in [4.69, 9.17) is 4.74 Å². The highest BCUT2D eigenvalue weighted by molar-refractivity contribution is 8.06. The van der Waals surface area contributed by atoms with Gasteiger partial charge in [-0.25, -0.2) is 0 Å². The summed E-state index contributed by atoms with van der Waals surface area (Å²) in [5.74, 6) is 3.85. The van der Waals surface area contributed by atoms with E-state index in [9.17, 15) is 9.59 Å². The van der Waals surface area contributed by atoms with Crippen LogP contribution >= 0.6 is 23.5 Å². The first-order valence-corrected chi connectivity index (χ1v) is 10.4. The van der Waals surface area contributed by atoms with Crippen LogP contribution in [0, 0.1) is 5.92 Å². The van der Waals surface area contributed by atoms with Crippen molar-refractivity contribution in [1.82, 2.24) is 4.90 Å². The Morgan fingerprint density at radius 2 is 2.09 bits per heavy atom. The molecule has 2 unspecified atom stereocenters. The van der Waals surface area contributed by atoms with E-state index in [0.717, 1.165) is 37.4 Å². The number of piperidine rings is 1. The molecule has 126 valence electrons. The molecule has 0 aromatic carbocycles. The molecule has 0 aliphatic carbocycles. The molecule has 6 heteroatoms. The third-order valence-corrected chi connectivity index (χ3v) is 6.83. The van der Waals surface area contributed by atoms with Crippen molar-refractivity contribution in [2.75, 3.05) is 30.3 Å². The molecule has 1 amide bonds. The minimum absolute atomic E-state index is 0.0605. The summed E-state index contributed by atoms with van der Waals surface area (Å²) in [4.78, 5) is 26.2. The normalized spacial score (nSPS) is 26.0. The molecule has 2 aliphatic heterocycles. The number of carbonyl (C=O) groups is 2. The van der Waals surface area contributed by atoms with E-state index in [1.165, 1.54) is 5.75 Å². The molecule has 2 fully saturated rings. The van der Waals surface area contributed by atoms with Crippen molar-refractivity contribution in [3.8, 4) is 0 Å². The van der Waals surface area contributed by atoms with Gasteiger partial charge in [-0.15, -0.1) is 0 Å². The van der Waals surface area contributed by atoms with Gasteiger partial charge in [-0.1, -0.05) is 0 Å². The van der Waals surface area contributed by atoms with Crippen molar-refractivity contribution in [3.63, 3.8) is 0 Å². The first-order valence-electron chi connectivity index (χ1n) is 8.21. The maximum absolute atomic E-state index is 12.5. The first kappa shape index (κ1) is 18.0. The zero-order chi connectivity index (χ0) is 15.9. The number of thioether (sulfide) groups is 2. The number of esters is 1. The second kappa shape index (κ2) is 9.06. The molecule has 2 rings (SSSR count). The lowest BCUT2D eigenvalue weighted by atomic mass is 9.94. The van der Waals surface area contributed by atoms with Crippen LogP contribution in [-0.2, 0) is 14.3 Å². The molecule has 0 saturated carbocycles. The Balaban J connectivity index is 1.76. The van der Waals surface area contributed by atoms with Gasteiger partial charge in [0.2, 0.25) is 5.91 Å². The van der Waals surface area contributed by atoms with E-state index in [0.29, 0.717) is 18.1 Å². The van der Waals surface area contributed by atoms with Gasteiger partial charge in [0.05, 0.1) is 12.5 Å². The minimum Gasteiger partial charge on any atom is -0.463 e. The predicted molar refractivity (Wildman–Crippen MR) is 93.3 cm³/mol. The lowest BCUT2D eigenvalue weighted by molar-refractivity contribution is -0.149. The number of amides is 1. The van der Waals surface area contributed by atoms with Crippen LogP contribution in [0.5, 0.6) is 0 Å². The van der Waals surface area contributed by atoms with Crippen LogP contribution in [0.2, 0.25) is 0 Å². The van der Waals surface area contributed by atoms with Gasteiger partial charge < -0.3 is 9.64 Å². The predicted octanol–water partition coefficient (Wildman–Crippen LogP) is 2.81. The third-order valence-electron chi connectivity index (χ3n) is 3.98. The fourth-order valence-corrected chi connectivity index (χ4v) is 5.65. The van der Waals surface area contributed by atoms with Crippen molar-refractivity contribution in [2.24, 2.45) is 5.92 Å². The number of ether oxygens (including phenoxy) is 1. The summed E-state index contributed by atoms with van der Waals surface area (Å²) >= 11 is 3.88. The summed E-state index contributed by atoms with van der Waals surface area (Å²) < 4.78 is 5.22. The summed E-state index contributed by atoms with van der Waals surface area (Å²) in [6.07, 6.45) is 3.05. The summed E-state index contributed by atoms with van der Waals surface area (Å²) in [6.45, 7) is 5.30. The summed E-state index contributed by atoms with van der Waals surface area (Å²) in [6, 6.07) is 0. The average molecular weight is 346 g/mol. The molecule has 2 saturated heterocycles. The number of hydrogen-bond acceptors (Lipinski definition) is 5. The zero-order valence-electron chi connectivity index (χ0n) is 13.6. The number of rotatable bonds is 5. The number of nitrogens with zero attached hydrogens (tertiary/aromatic N) is 1. The van der Waals surface area contributed by atoms with Crippen LogP contribution in [0.15, 0.2) is 0 Å². The Hall–Kier alpha value is -0.360. The van der Waals surface area contributed by atoms with Gasteiger partial charge in [-0.3, -0.25) is 9.59 Å². The highest BCUT2D eigenvalue weighted by atomic mass is 32.2. The molecule has 0 aromatic heterocycles. The highest BCUT2D eigenvalue weighted by Gasteiger charge is 2.28. The molecule has 4 nitrogen and oxygen atoms in total. The Morgan fingerprint density at radius 1 is 1.27 bits per heavy atom. The minimum atomic E-state index is -0.131. The van der Waals surface area contributed by atoms with Gasteiger partial charge >= 0.3 is 5.97 Å². The van der Waals surface area contributed by atoms with E-state index in [1.54, 1.807) is 0 Å². The summed E-state index contributed by atoms with van der Waals surface area (Å²) in [5.41, 5.74) is 0. The van der Waals surface area contributed by atoms with Gasteiger partial charge in [0.25, 0.3) is 0 Å². The number of hydrogen-bond donors (Lipinski definition) is 0. The molecular weight excluding hydrogens is 318 g/mol. The molecule has 0 aromatic rings. The second-order valence-electron chi connectivity index (χ2n) is 6.36. The second-order valence-corrected chi connectivity index (χ2v) is 8.92. The lowest BCUT2D eigenvalue weighted by Gasteiger charge is -2.33. The van der Waals surface area contributed by atoms with Gasteiger partial charge in [0.1, 0.15) is 0 Å². The van der Waals surface area contributed by atoms with Crippen LogP contribution in [0.25, 0.3) is 0 Å². The molecule has 0 N–H and O–H groups in total. The van der Waals surface area contributed by atoms with Gasteiger partial charge in [-0.05, 0) is 32.6 Å². The standard InChI is InChI=1S/C16H27NO3S2/c1-12(2)20-16(19)8-13-4-3-5-17(10-13)15(18)9-14-11-21-6-7-22-14/h12-14H,3-11H2,1-2H3. The molecule has 0 radical (unpaired) electrons. The van der Waals surface area contributed by atoms with Crippen LogP contribution < -0.4 is 0 Å². The van der Waals surface area contributed by atoms with Crippen molar-refractivity contribution in [2.45, 2.75) is 50.9 Å². The zero-order valence-corrected chi connectivity index (χ0v) is 15.2. The SMILES string of the molecule is CC(C)OC(=O)CC1CCCN(C(=O)CC2CSCCS2)C1. The third kappa shape index (κ3) is 6.03. The largest absolute Gasteiger partial charge is 0.463 e. The molecule has 2 aliphatic rings. The van der Waals surface area contributed by atoms with E-state index in [2.05, 4.69) is 0 Å². The van der Waals surface area contributed by atoms with Crippen LogP contribution in [0.3, 0.4) is 0 Å². The fourth-order valence-electron chi connectivity index (χ4n) is 2.98. The highest BCUT2D eigenvalue weighted by Crippen LogP contribution is 2.28. The molecule has 2 atom stereocenters. The van der Waals surface area contributed by atoms with Crippen LogP contribution in [0.1, 0.15) is 39.5 Å². The summed E-state index contributed by atoms with van der Waals surface area (Å²) in [7, 11) is 0. The lowest BCUT2D eigenvalue weighted by Crippen LogP contribution is -2.42. The Kier molecular flexibility index (Phi) is 7.41. The maximum Gasteiger partial charge on any atom is 0.306 e. The maximum atomic E-state index is 12.5. The average Bonchev–Trinajstić information content (AvgIpc) is 2.47. The van der Waals surface area contributed by atoms with Crippen LogP contribution in [0.4, 0.5) is 0 Å². The van der Waals surface area contributed by atoms with Gasteiger partial charge in [0.15, 0.2) is 0 Å². The van der Waals surface area contributed by atoms with Gasteiger partial charge in [0, 0.05) is 42.0 Å². The molecule has 0 spiro atoms. The molecule has 22 heavy (non-hydrogen) atoms. The Labute approximate surface area is 142 Å². The molecular formula is C16H27NO3S2. The topological polar surface area (TPSA) is 46.6 Å². The smallest absolute Gasteiger partial charge is 0.306 e. The van der Waals surface area contributed by atoms with Crippen molar-refractivity contribution in [3.05, 3.63) is 0 Å². The molecule has 2 heterocycles. The number of carbonyl (C=O) groups excluding carboxylic acids is 2. The van der Waals surface area contributed by atoms with Gasteiger partial charge in [-0.2, -0.15) is 23.5 Å². The monoisotopic (exact) mass is 345 g/mol. The van der Waals surface area contributed by atoms with E-state index in [1.807, 2.05) is 42.3 Å². The van der Waals surface area contributed by atoms with Crippen molar-refractivity contribution >= 4 is 35.4 Å². The summed E-state index contributed by atoms with van der Waals surface area (Å²) in [5, 5.41) is 0.470. The Bertz CT molecular complexity index is 384. The van der Waals surface area contributed by atoms with Crippen molar-refractivity contribution in [1.29, 1.82) is 0 Å². The first-order chi connectivity index (χ1) is 10.5. The van der Waals surface area contributed by atoms with E-state index in [-0.39, 0.29) is 23.9 Å². The van der Waals surface area contributed by atoms with E-state index < -0.39 is 0 Å². The van der Waals surface area contributed by atoms with E-state index >= 15 is 0 Å². The number of likely N-dealkylation sites (tertiary alicyclic amines) is 1. The van der Waals surface area contributed by atoms with Crippen LogP contribution in [-0.4, -0.2) is 58.5 Å². The fraction of sp³-hybridized carbons (Fsp3) is 0.875. The molecule has 0 bridgehead atoms. The van der Waals surface area contributed by atoms with Crippen molar-refractivity contribution < 1.29 is 14.3 Å². The Morgan fingerprint density at radius 3 is 2.77 bits per heavy atom.